The highest BCUT2D eigenvalue weighted by molar-refractivity contribution is 5.95. The zero-order chi connectivity index (χ0) is 16.7. The fourth-order valence-corrected chi connectivity index (χ4v) is 2.36. The molecule has 0 atom stereocenters. The van der Waals surface area contributed by atoms with Crippen LogP contribution in [0.4, 0.5) is 4.79 Å². The number of ether oxygens (including phenoxy) is 3. The lowest BCUT2D eigenvalue weighted by molar-refractivity contribution is 0.0541. The van der Waals surface area contributed by atoms with Crippen molar-refractivity contribution in [2.24, 2.45) is 0 Å². The van der Waals surface area contributed by atoms with E-state index in [0.717, 1.165) is 24.8 Å². The van der Waals surface area contributed by atoms with E-state index in [2.05, 4.69) is 13.2 Å². The Morgan fingerprint density at radius 1 is 1.13 bits per heavy atom. The molecular formula is C18H20O5. The normalized spacial score (nSPS) is 13.6. The van der Waals surface area contributed by atoms with Gasteiger partial charge in [0.1, 0.15) is 24.5 Å². The second kappa shape index (κ2) is 8.17. The third-order valence-corrected chi connectivity index (χ3v) is 3.65. The predicted molar refractivity (Wildman–Crippen MR) is 85.7 cm³/mol. The van der Waals surface area contributed by atoms with Crippen molar-refractivity contribution in [1.29, 1.82) is 0 Å². The molecule has 0 spiro atoms. The number of hydrogen-bond donors (Lipinski definition) is 0. The van der Waals surface area contributed by atoms with E-state index in [4.69, 9.17) is 14.2 Å². The largest absolute Gasteiger partial charge is 0.514 e. The molecule has 1 aliphatic rings. The summed E-state index contributed by atoms with van der Waals surface area (Å²) in [6, 6.07) is 5.19. The highest BCUT2D eigenvalue weighted by Crippen LogP contribution is 2.40. The summed E-state index contributed by atoms with van der Waals surface area (Å²) in [6.45, 7) is 7.12. The van der Waals surface area contributed by atoms with Gasteiger partial charge in [0.15, 0.2) is 0 Å². The maximum atomic E-state index is 12.4. The number of carbonyl (C=O) groups is 2. The van der Waals surface area contributed by atoms with Crippen molar-refractivity contribution < 1.29 is 23.8 Å². The summed E-state index contributed by atoms with van der Waals surface area (Å²) < 4.78 is 15.1. The van der Waals surface area contributed by atoms with Crippen LogP contribution in [0.3, 0.4) is 0 Å². The minimum absolute atomic E-state index is 0.0391. The van der Waals surface area contributed by atoms with Gasteiger partial charge in [-0.15, -0.1) is 0 Å². The summed E-state index contributed by atoms with van der Waals surface area (Å²) in [7, 11) is 0. The van der Waals surface area contributed by atoms with Gasteiger partial charge >= 0.3 is 12.1 Å². The van der Waals surface area contributed by atoms with E-state index in [9.17, 15) is 9.59 Å². The third kappa shape index (κ3) is 4.22. The van der Waals surface area contributed by atoms with E-state index in [1.165, 1.54) is 12.2 Å². The van der Waals surface area contributed by atoms with Gasteiger partial charge in [-0.25, -0.2) is 9.59 Å². The maximum absolute atomic E-state index is 12.4. The Morgan fingerprint density at radius 3 is 2.43 bits per heavy atom. The summed E-state index contributed by atoms with van der Waals surface area (Å²) in [6.07, 6.45) is 5.18. The van der Waals surface area contributed by atoms with Crippen molar-refractivity contribution >= 4 is 12.1 Å². The molecule has 1 aromatic rings. The highest BCUT2D eigenvalue weighted by Gasteiger charge is 2.28. The topological polar surface area (TPSA) is 61.8 Å². The summed E-state index contributed by atoms with van der Waals surface area (Å²) in [5.41, 5.74) is 1.13. The Morgan fingerprint density at radius 2 is 1.83 bits per heavy atom. The third-order valence-electron chi connectivity index (χ3n) is 3.65. The Bertz CT molecular complexity index is 601. The van der Waals surface area contributed by atoms with Gasteiger partial charge in [0, 0.05) is 0 Å². The van der Waals surface area contributed by atoms with Gasteiger partial charge in [0.05, 0.1) is 0 Å². The van der Waals surface area contributed by atoms with E-state index in [1.807, 2.05) is 6.07 Å². The quantitative estimate of drug-likeness (QED) is 0.432. The Kier molecular flexibility index (Phi) is 5.97. The van der Waals surface area contributed by atoms with Crippen LogP contribution in [0, 0.1) is 0 Å². The molecule has 0 heterocycles. The number of rotatable bonds is 7. The van der Waals surface area contributed by atoms with E-state index >= 15 is 0 Å². The molecule has 122 valence electrons. The number of esters is 1. The van der Waals surface area contributed by atoms with Crippen LogP contribution in [-0.4, -0.2) is 25.3 Å². The van der Waals surface area contributed by atoms with Gasteiger partial charge in [-0.2, -0.15) is 0 Å². The molecule has 2 rings (SSSR count). The summed E-state index contributed by atoms with van der Waals surface area (Å²) in [4.78, 5) is 24.0. The van der Waals surface area contributed by atoms with Crippen molar-refractivity contribution in [2.75, 3.05) is 13.2 Å². The molecular weight excluding hydrogens is 296 g/mol. The van der Waals surface area contributed by atoms with E-state index in [1.54, 1.807) is 12.1 Å². The highest BCUT2D eigenvalue weighted by atomic mass is 16.7. The van der Waals surface area contributed by atoms with Crippen LogP contribution in [0.15, 0.2) is 43.5 Å². The van der Waals surface area contributed by atoms with Crippen molar-refractivity contribution in [1.82, 2.24) is 0 Å². The van der Waals surface area contributed by atoms with Gasteiger partial charge in [-0.05, 0) is 30.4 Å². The van der Waals surface area contributed by atoms with Crippen molar-refractivity contribution in [3.8, 4) is 5.75 Å². The first kappa shape index (κ1) is 16.8. The minimum atomic E-state index is -0.881. The smallest absolute Gasteiger partial charge is 0.458 e. The average Bonchev–Trinajstić information content (AvgIpc) is 2.49. The molecule has 23 heavy (non-hydrogen) atoms. The molecule has 1 fully saturated rings. The molecule has 1 aromatic carbocycles. The molecule has 1 aliphatic carbocycles. The summed E-state index contributed by atoms with van der Waals surface area (Å²) >= 11 is 0. The minimum Gasteiger partial charge on any atom is -0.458 e. The van der Waals surface area contributed by atoms with Crippen molar-refractivity contribution in [2.45, 2.75) is 25.2 Å². The molecule has 0 radical (unpaired) electrons. The second-order valence-corrected chi connectivity index (χ2v) is 5.19. The van der Waals surface area contributed by atoms with Gasteiger partial charge < -0.3 is 14.2 Å². The van der Waals surface area contributed by atoms with E-state index < -0.39 is 12.1 Å². The fraction of sp³-hybridized carbons (Fsp3) is 0.333. The molecule has 0 aromatic heterocycles. The van der Waals surface area contributed by atoms with Crippen LogP contribution < -0.4 is 4.74 Å². The first-order chi connectivity index (χ1) is 11.2. The van der Waals surface area contributed by atoms with Crippen molar-refractivity contribution in [3.05, 3.63) is 54.6 Å². The molecule has 1 saturated carbocycles. The molecule has 0 amide bonds. The molecule has 5 heteroatoms. The van der Waals surface area contributed by atoms with Crippen molar-refractivity contribution in [3.63, 3.8) is 0 Å². The van der Waals surface area contributed by atoms with Gasteiger partial charge in [-0.3, -0.25) is 0 Å². The van der Waals surface area contributed by atoms with Crippen LogP contribution in [0.25, 0.3) is 0 Å². The number of benzene rings is 1. The lowest BCUT2D eigenvalue weighted by Crippen LogP contribution is -2.19. The summed E-state index contributed by atoms with van der Waals surface area (Å²) in [5.74, 6) is -0.0922. The lowest BCUT2D eigenvalue weighted by Gasteiger charge is -2.28. The average molecular weight is 316 g/mol. The van der Waals surface area contributed by atoms with Gasteiger partial charge in [0.25, 0.3) is 0 Å². The molecule has 0 N–H and O–H groups in total. The first-order valence-corrected chi connectivity index (χ1v) is 7.53. The van der Waals surface area contributed by atoms with Gasteiger partial charge in [0.2, 0.25) is 0 Å². The SMILES string of the molecule is C=CCOC(=O)Oc1cccc(C2CCC2)c1C(=O)OCC=C. The molecule has 5 nitrogen and oxygen atoms in total. The van der Waals surface area contributed by atoms with Crippen LogP contribution >= 0.6 is 0 Å². The molecule has 0 unspecified atom stereocenters. The fourth-order valence-electron chi connectivity index (χ4n) is 2.36. The first-order valence-electron chi connectivity index (χ1n) is 7.53. The second-order valence-electron chi connectivity index (χ2n) is 5.19. The summed E-state index contributed by atoms with van der Waals surface area (Å²) in [5, 5.41) is 0. The zero-order valence-corrected chi connectivity index (χ0v) is 13.0. The molecule has 0 aliphatic heterocycles. The number of hydrogen-bond acceptors (Lipinski definition) is 5. The van der Waals surface area contributed by atoms with E-state index in [-0.39, 0.29) is 30.4 Å². The number of carbonyl (C=O) groups excluding carboxylic acids is 2. The Hall–Kier alpha value is -2.56. The van der Waals surface area contributed by atoms with Crippen LogP contribution in [0.2, 0.25) is 0 Å². The standard InChI is InChI=1S/C18H20O5/c1-3-11-21-17(19)16-14(13-7-5-8-13)9-6-10-15(16)23-18(20)22-12-4-2/h3-4,6,9-10,13H,1-2,5,7-8,11-12H2. The Balaban J connectivity index is 2.28. The predicted octanol–water partition coefficient (Wildman–Crippen LogP) is 4.00. The molecule has 0 saturated heterocycles. The van der Waals surface area contributed by atoms with Gasteiger partial charge in [-0.1, -0.05) is 43.9 Å². The van der Waals surface area contributed by atoms with Crippen LogP contribution in [0.1, 0.15) is 41.1 Å². The monoisotopic (exact) mass is 316 g/mol. The maximum Gasteiger partial charge on any atom is 0.514 e. The van der Waals surface area contributed by atoms with E-state index in [0.29, 0.717) is 0 Å². The van der Waals surface area contributed by atoms with Crippen LogP contribution in [-0.2, 0) is 9.47 Å². The lowest BCUT2D eigenvalue weighted by atomic mass is 9.78. The zero-order valence-electron chi connectivity index (χ0n) is 13.0. The Labute approximate surface area is 135 Å². The van der Waals surface area contributed by atoms with Crippen LogP contribution in [0.5, 0.6) is 5.75 Å². The molecule has 0 bridgehead atoms.